The Morgan fingerprint density at radius 3 is 2.57 bits per heavy atom. The monoisotopic (exact) mass is 410 g/mol. The lowest BCUT2D eigenvalue weighted by Crippen LogP contribution is -2.12. The second-order valence-electron chi connectivity index (χ2n) is 7.10. The molecule has 4 aromatic rings. The summed E-state index contributed by atoms with van der Waals surface area (Å²) in [6.07, 6.45) is 3.77. The maximum atomic E-state index is 12.6. The number of nitrogens with one attached hydrogen (secondary N) is 1. The Morgan fingerprint density at radius 2 is 1.86 bits per heavy atom. The lowest BCUT2D eigenvalue weighted by atomic mass is 10.1. The van der Waals surface area contributed by atoms with E-state index in [0.717, 1.165) is 26.1 Å². The van der Waals surface area contributed by atoms with Gasteiger partial charge in [-0.3, -0.25) is 9.36 Å². The summed E-state index contributed by atoms with van der Waals surface area (Å²) >= 11 is 3.16. The fourth-order valence-electron chi connectivity index (χ4n) is 3.34. The first-order valence-corrected chi connectivity index (χ1v) is 10.8. The highest BCUT2D eigenvalue weighted by molar-refractivity contribution is 7.99. The molecule has 0 amide bonds. The predicted molar refractivity (Wildman–Crippen MR) is 117 cm³/mol. The van der Waals surface area contributed by atoms with Crippen LogP contribution in [-0.2, 0) is 0 Å². The first-order chi connectivity index (χ1) is 13.3. The Morgan fingerprint density at radius 1 is 1.14 bits per heavy atom. The summed E-state index contributed by atoms with van der Waals surface area (Å²) in [5, 5.41) is 1.55. The molecule has 0 spiro atoms. The fraction of sp³-hybridized carbons (Fsp3) is 0.286. The number of rotatable bonds is 4. The van der Waals surface area contributed by atoms with Gasteiger partial charge in [-0.25, -0.2) is 9.97 Å². The van der Waals surface area contributed by atoms with Crippen molar-refractivity contribution in [3.05, 3.63) is 68.3 Å². The molecule has 7 heteroatoms. The van der Waals surface area contributed by atoms with Crippen molar-refractivity contribution in [3.8, 4) is 5.69 Å². The van der Waals surface area contributed by atoms with Gasteiger partial charge in [0.1, 0.15) is 10.7 Å². The van der Waals surface area contributed by atoms with Gasteiger partial charge in [0.05, 0.1) is 10.6 Å². The molecule has 1 unspecified atom stereocenters. The van der Waals surface area contributed by atoms with Crippen molar-refractivity contribution in [1.82, 2.24) is 19.5 Å². The zero-order chi connectivity index (χ0) is 20.0. The molecule has 0 aliphatic rings. The molecule has 0 aliphatic carbocycles. The molecule has 0 saturated carbocycles. The molecule has 1 atom stereocenters. The van der Waals surface area contributed by atoms with Crippen molar-refractivity contribution in [2.45, 2.75) is 45.0 Å². The van der Waals surface area contributed by atoms with Crippen molar-refractivity contribution < 1.29 is 0 Å². The number of aromatic amines is 1. The average molecular weight is 411 g/mol. The summed E-state index contributed by atoms with van der Waals surface area (Å²) in [7, 11) is 0. The minimum Gasteiger partial charge on any atom is -0.309 e. The first-order valence-electron chi connectivity index (χ1n) is 9.12. The van der Waals surface area contributed by atoms with Gasteiger partial charge in [0.15, 0.2) is 5.16 Å². The Hall–Kier alpha value is -2.38. The van der Waals surface area contributed by atoms with Gasteiger partial charge in [-0.05, 0) is 63.4 Å². The SMILES string of the molecule is Cc1cc(C)cc(-n2ccnc2SC(C)c2nc3sc(C)c(C)c3c(=O)[nH]2)c1. The van der Waals surface area contributed by atoms with Crippen molar-refractivity contribution in [3.63, 3.8) is 0 Å². The number of H-pyrrole nitrogens is 1. The summed E-state index contributed by atoms with van der Waals surface area (Å²) < 4.78 is 2.08. The van der Waals surface area contributed by atoms with Crippen LogP contribution < -0.4 is 5.56 Å². The number of thiophene rings is 1. The lowest BCUT2D eigenvalue weighted by molar-refractivity contribution is 0.868. The third-order valence-corrected chi connectivity index (χ3v) is 7.01. The van der Waals surface area contributed by atoms with Crippen LogP contribution in [0.1, 0.15) is 39.6 Å². The van der Waals surface area contributed by atoms with Gasteiger partial charge in [0.25, 0.3) is 5.56 Å². The number of thioether (sulfide) groups is 1. The van der Waals surface area contributed by atoms with Crippen LogP contribution in [-0.4, -0.2) is 19.5 Å². The van der Waals surface area contributed by atoms with Gasteiger partial charge >= 0.3 is 0 Å². The van der Waals surface area contributed by atoms with E-state index in [0.29, 0.717) is 11.2 Å². The molecule has 1 aromatic carbocycles. The maximum absolute atomic E-state index is 12.6. The molecule has 0 bridgehead atoms. The summed E-state index contributed by atoms with van der Waals surface area (Å²) in [4.78, 5) is 26.8. The Labute approximate surface area is 171 Å². The smallest absolute Gasteiger partial charge is 0.259 e. The predicted octanol–water partition coefficient (Wildman–Crippen LogP) is 5.26. The molecule has 144 valence electrons. The standard InChI is InChI=1S/C21H22N4OS2/c1-11-8-12(2)10-16(9-11)25-7-6-22-21(25)28-15(5)18-23-19(26)17-13(3)14(4)27-20(17)24-18/h6-10,15H,1-5H3,(H,23,24,26). The van der Waals surface area contributed by atoms with E-state index in [9.17, 15) is 4.79 Å². The van der Waals surface area contributed by atoms with Crippen molar-refractivity contribution in [2.75, 3.05) is 0 Å². The van der Waals surface area contributed by atoms with Gasteiger partial charge in [-0.1, -0.05) is 17.8 Å². The van der Waals surface area contributed by atoms with Gasteiger partial charge in [-0.2, -0.15) is 0 Å². The molecule has 0 fully saturated rings. The van der Waals surface area contributed by atoms with E-state index < -0.39 is 0 Å². The first kappa shape index (κ1) is 19.0. The van der Waals surface area contributed by atoms with Crippen LogP contribution in [0.5, 0.6) is 0 Å². The highest BCUT2D eigenvalue weighted by Crippen LogP contribution is 2.34. The van der Waals surface area contributed by atoms with Crippen LogP contribution >= 0.6 is 23.1 Å². The molecule has 0 saturated heterocycles. The third-order valence-electron chi connectivity index (χ3n) is 4.82. The van der Waals surface area contributed by atoms with Crippen molar-refractivity contribution in [2.24, 2.45) is 0 Å². The van der Waals surface area contributed by atoms with Crippen LogP contribution in [0.3, 0.4) is 0 Å². The van der Waals surface area contributed by atoms with E-state index in [1.807, 2.05) is 27.0 Å². The number of hydrogen-bond acceptors (Lipinski definition) is 5. The Kier molecular flexibility index (Phi) is 4.89. The van der Waals surface area contributed by atoms with Crippen LogP contribution in [0.4, 0.5) is 0 Å². The zero-order valence-electron chi connectivity index (χ0n) is 16.5. The lowest BCUT2D eigenvalue weighted by Gasteiger charge is -2.13. The van der Waals surface area contributed by atoms with E-state index in [1.54, 1.807) is 29.3 Å². The van der Waals surface area contributed by atoms with Gasteiger partial charge < -0.3 is 4.98 Å². The van der Waals surface area contributed by atoms with Crippen LogP contribution in [0.15, 0.2) is 40.5 Å². The highest BCUT2D eigenvalue weighted by atomic mass is 32.2. The van der Waals surface area contributed by atoms with E-state index in [1.165, 1.54) is 11.1 Å². The van der Waals surface area contributed by atoms with Crippen molar-refractivity contribution >= 4 is 33.3 Å². The minimum atomic E-state index is -0.0630. The number of fused-ring (bicyclic) bond motifs is 1. The minimum absolute atomic E-state index is 0.0353. The molecule has 0 aliphatic heterocycles. The Bertz CT molecular complexity index is 1210. The molecule has 4 rings (SSSR count). The highest BCUT2D eigenvalue weighted by Gasteiger charge is 2.18. The van der Waals surface area contributed by atoms with E-state index in [4.69, 9.17) is 4.98 Å². The van der Waals surface area contributed by atoms with Gasteiger partial charge in [0.2, 0.25) is 0 Å². The Balaban J connectivity index is 1.68. The molecule has 3 aromatic heterocycles. The number of hydrogen-bond donors (Lipinski definition) is 1. The topological polar surface area (TPSA) is 63.6 Å². The molecular weight excluding hydrogens is 388 g/mol. The van der Waals surface area contributed by atoms with Crippen LogP contribution in [0.2, 0.25) is 0 Å². The molecule has 0 radical (unpaired) electrons. The summed E-state index contributed by atoms with van der Waals surface area (Å²) in [6.45, 7) is 10.2. The average Bonchev–Trinajstić information content (AvgIpc) is 3.19. The number of benzene rings is 1. The number of imidazole rings is 1. The molecule has 5 nitrogen and oxygen atoms in total. The quantitative estimate of drug-likeness (QED) is 0.466. The second kappa shape index (κ2) is 7.22. The van der Waals surface area contributed by atoms with E-state index >= 15 is 0 Å². The fourth-order valence-corrected chi connectivity index (χ4v) is 5.32. The summed E-state index contributed by atoms with van der Waals surface area (Å²) in [5.74, 6) is 0.679. The molecular formula is C21H22N4OS2. The summed E-state index contributed by atoms with van der Waals surface area (Å²) in [5.41, 5.74) is 4.48. The second-order valence-corrected chi connectivity index (χ2v) is 9.61. The van der Waals surface area contributed by atoms with Crippen LogP contribution in [0.25, 0.3) is 15.9 Å². The molecule has 3 heterocycles. The molecule has 1 N–H and O–H groups in total. The van der Waals surface area contributed by atoms with Crippen molar-refractivity contribution in [1.29, 1.82) is 0 Å². The number of nitrogens with zero attached hydrogens (tertiary/aromatic N) is 3. The zero-order valence-corrected chi connectivity index (χ0v) is 18.2. The largest absolute Gasteiger partial charge is 0.309 e. The molecule has 28 heavy (non-hydrogen) atoms. The third kappa shape index (κ3) is 3.40. The van der Waals surface area contributed by atoms with Crippen LogP contribution in [0, 0.1) is 27.7 Å². The van der Waals surface area contributed by atoms with Gasteiger partial charge in [-0.15, -0.1) is 11.3 Å². The van der Waals surface area contributed by atoms with E-state index in [2.05, 4.69) is 46.6 Å². The summed E-state index contributed by atoms with van der Waals surface area (Å²) in [6, 6.07) is 6.45. The van der Waals surface area contributed by atoms with Gasteiger partial charge in [0, 0.05) is 23.0 Å². The number of aryl methyl sites for hydroxylation is 4. The number of aromatic nitrogens is 4. The maximum Gasteiger partial charge on any atom is 0.259 e. The normalized spacial score (nSPS) is 12.6. The van der Waals surface area contributed by atoms with E-state index in [-0.39, 0.29) is 10.8 Å².